The number of rotatable bonds is 1. The number of aromatic nitrogens is 2. The van der Waals surface area contributed by atoms with Gasteiger partial charge in [0.2, 0.25) is 0 Å². The van der Waals surface area contributed by atoms with Crippen molar-refractivity contribution in [1.82, 2.24) is 9.55 Å². The van der Waals surface area contributed by atoms with Gasteiger partial charge in [-0.1, -0.05) is 47.6 Å². The summed E-state index contributed by atoms with van der Waals surface area (Å²) in [6.07, 6.45) is 1.96. The quantitative estimate of drug-likeness (QED) is 0.728. The molecule has 1 aromatic carbocycles. The summed E-state index contributed by atoms with van der Waals surface area (Å²) >= 11 is 0. The predicted molar refractivity (Wildman–Crippen MR) is 77.9 cm³/mol. The van der Waals surface area contributed by atoms with Crippen molar-refractivity contribution in [3.8, 4) is 0 Å². The molecule has 0 amide bonds. The van der Waals surface area contributed by atoms with E-state index in [-0.39, 0.29) is 10.8 Å². The van der Waals surface area contributed by atoms with E-state index < -0.39 is 0 Å². The van der Waals surface area contributed by atoms with Gasteiger partial charge in [0.15, 0.2) is 0 Å². The SMILES string of the molecule is CC(C)(C)Cn1cnc2cc(C(C)(C)C)ccc21. The molecule has 0 aliphatic heterocycles. The number of benzene rings is 1. The third-order valence-electron chi connectivity index (χ3n) is 3.13. The van der Waals surface area contributed by atoms with Gasteiger partial charge in [-0.3, -0.25) is 0 Å². The van der Waals surface area contributed by atoms with Crippen LogP contribution < -0.4 is 0 Å². The monoisotopic (exact) mass is 244 g/mol. The molecule has 0 saturated carbocycles. The summed E-state index contributed by atoms with van der Waals surface area (Å²) < 4.78 is 2.25. The van der Waals surface area contributed by atoms with E-state index in [9.17, 15) is 0 Å². The molecule has 0 saturated heterocycles. The molecule has 0 fully saturated rings. The van der Waals surface area contributed by atoms with Crippen LogP contribution in [0.1, 0.15) is 47.1 Å². The fourth-order valence-corrected chi connectivity index (χ4v) is 2.17. The van der Waals surface area contributed by atoms with Crippen molar-refractivity contribution < 1.29 is 0 Å². The highest BCUT2D eigenvalue weighted by atomic mass is 15.0. The summed E-state index contributed by atoms with van der Waals surface area (Å²) in [5.41, 5.74) is 4.14. The van der Waals surface area contributed by atoms with Crippen LogP contribution in [0.2, 0.25) is 0 Å². The highest BCUT2D eigenvalue weighted by Crippen LogP contribution is 2.26. The van der Waals surface area contributed by atoms with Gasteiger partial charge in [0.05, 0.1) is 17.4 Å². The molecule has 0 spiro atoms. The molecule has 0 radical (unpaired) electrons. The fraction of sp³-hybridized carbons (Fsp3) is 0.562. The minimum Gasteiger partial charge on any atom is -0.330 e. The van der Waals surface area contributed by atoms with E-state index in [4.69, 9.17) is 0 Å². The Balaban J connectivity index is 2.44. The zero-order valence-corrected chi connectivity index (χ0v) is 12.4. The van der Waals surface area contributed by atoms with Gasteiger partial charge in [0.1, 0.15) is 0 Å². The second kappa shape index (κ2) is 4.11. The minimum atomic E-state index is 0.183. The molecule has 2 rings (SSSR count). The Morgan fingerprint density at radius 1 is 1.06 bits per heavy atom. The molecular weight excluding hydrogens is 220 g/mol. The van der Waals surface area contributed by atoms with Crippen LogP contribution >= 0.6 is 0 Å². The van der Waals surface area contributed by atoms with Crippen LogP contribution in [-0.2, 0) is 12.0 Å². The lowest BCUT2D eigenvalue weighted by Crippen LogP contribution is -2.14. The normalized spacial score (nSPS) is 13.2. The van der Waals surface area contributed by atoms with Gasteiger partial charge in [-0.2, -0.15) is 0 Å². The van der Waals surface area contributed by atoms with E-state index in [1.165, 1.54) is 11.1 Å². The first kappa shape index (κ1) is 13.1. The van der Waals surface area contributed by atoms with Gasteiger partial charge >= 0.3 is 0 Å². The van der Waals surface area contributed by atoms with Gasteiger partial charge in [-0.25, -0.2) is 4.98 Å². The largest absolute Gasteiger partial charge is 0.330 e. The average Bonchev–Trinajstić information content (AvgIpc) is 2.57. The lowest BCUT2D eigenvalue weighted by molar-refractivity contribution is 0.348. The summed E-state index contributed by atoms with van der Waals surface area (Å²) in [6, 6.07) is 6.65. The van der Waals surface area contributed by atoms with E-state index in [1.807, 2.05) is 6.33 Å². The summed E-state index contributed by atoms with van der Waals surface area (Å²) in [5, 5.41) is 0. The highest BCUT2D eigenvalue weighted by Gasteiger charge is 2.17. The number of fused-ring (bicyclic) bond motifs is 1. The van der Waals surface area contributed by atoms with Crippen LogP contribution in [0.25, 0.3) is 11.0 Å². The van der Waals surface area contributed by atoms with E-state index in [2.05, 4.69) is 69.3 Å². The highest BCUT2D eigenvalue weighted by molar-refractivity contribution is 5.76. The maximum absolute atomic E-state index is 4.54. The van der Waals surface area contributed by atoms with Gasteiger partial charge < -0.3 is 4.57 Å². The van der Waals surface area contributed by atoms with Gasteiger partial charge in [-0.05, 0) is 28.5 Å². The van der Waals surface area contributed by atoms with Crippen molar-refractivity contribution in [3.05, 3.63) is 30.1 Å². The van der Waals surface area contributed by atoms with Crippen LogP contribution in [-0.4, -0.2) is 9.55 Å². The van der Waals surface area contributed by atoms with Crippen LogP contribution in [0.3, 0.4) is 0 Å². The maximum atomic E-state index is 4.54. The Bertz CT molecular complexity index is 550. The number of hydrogen-bond donors (Lipinski definition) is 0. The van der Waals surface area contributed by atoms with Crippen molar-refractivity contribution in [1.29, 1.82) is 0 Å². The molecule has 2 aromatic rings. The lowest BCUT2D eigenvalue weighted by atomic mass is 9.87. The molecule has 2 heteroatoms. The second-order valence-corrected chi connectivity index (χ2v) is 7.39. The fourth-order valence-electron chi connectivity index (χ4n) is 2.17. The van der Waals surface area contributed by atoms with Crippen molar-refractivity contribution >= 4 is 11.0 Å². The molecule has 0 aliphatic rings. The van der Waals surface area contributed by atoms with Gasteiger partial charge in [0, 0.05) is 6.54 Å². The molecule has 0 atom stereocenters. The first-order valence-electron chi connectivity index (χ1n) is 6.62. The predicted octanol–water partition coefficient (Wildman–Crippen LogP) is 4.38. The molecule has 1 aromatic heterocycles. The van der Waals surface area contributed by atoms with E-state index >= 15 is 0 Å². The lowest BCUT2D eigenvalue weighted by Gasteiger charge is -2.20. The topological polar surface area (TPSA) is 17.8 Å². The Morgan fingerprint density at radius 3 is 2.28 bits per heavy atom. The summed E-state index contributed by atoms with van der Waals surface area (Å²) in [7, 11) is 0. The number of hydrogen-bond acceptors (Lipinski definition) is 1. The Kier molecular flexibility index (Phi) is 3.00. The number of nitrogens with zero attached hydrogens (tertiary/aromatic N) is 2. The molecule has 2 nitrogen and oxygen atoms in total. The van der Waals surface area contributed by atoms with Crippen LogP contribution in [0.5, 0.6) is 0 Å². The summed E-state index contributed by atoms with van der Waals surface area (Å²) in [5.74, 6) is 0. The zero-order chi connectivity index (χ0) is 13.6. The van der Waals surface area contributed by atoms with Crippen molar-refractivity contribution in [3.63, 3.8) is 0 Å². The Labute approximate surface area is 110 Å². The van der Waals surface area contributed by atoms with Crippen molar-refractivity contribution in [2.75, 3.05) is 0 Å². The van der Waals surface area contributed by atoms with Gasteiger partial charge in [0.25, 0.3) is 0 Å². The molecule has 98 valence electrons. The Morgan fingerprint density at radius 2 is 1.72 bits per heavy atom. The van der Waals surface area contributed by atoms with Crippen molar-refractivity contribution in [2.45, 2.75) is 53.5 Å². The van der Waals surface area contributed by atoms with Crippen molar-refractivity contribution in [2.24, 2.45) is 5.41 Å². The summed E-state index contributed by atoms with van der Waals surface area (Å²) in [4.78, 5) is 4.54. The van der Waals surface area contributed by atoms with Crippen LogP contribution in [0, 0.1) is 5.41 Å². The molecular formula is C16H24N2. The second-order valence-electron chi connectivity index (χ2n) is 7.39. The molecule has 0 N–H and O–H groups in total. The Hall–Kier alpha value is -1.31. The molecule has 1 heterocycles. The standard InChI is InChI=1S/C16H24N2/c1-15(2,3)10-18-11-17-13-9-12(16(4,5)6)7-8-14(13)18/h7-9,11H,10H2,1-6H3. The molecule has 0 bridgehead atoms. The average molecular weight is 244 g/mol. The van der Waals surface area contributed by atoms with Crippen LogP contribution in [0.15, 0.2) is 24.5 Å². The summed E-state index contributed by atoms with van der Waals surface area (Å²) in [6.45, 7) is 14.5. The maximum Gasteiger partial charge on any atom is 0.0958 e. The smallest absolute Gasteiger partial charge is 0.0958 e. The molecule has 0 unspecified atom stereocenters. The minimum absolute atomic E-state index is 0.183. The third kappa shape index (κ3) is 2.74. The van der Waals surface area contributed by atoms with Crippen LogP contribution in [0.4, 0.5) is 0 Å². The van der Waals surface area contributed by atoms with E-state index in [1.54, 1.807) is 0 Å². The van der Waals surface area contributed by atoms with Gasteiger partial charge in [-0.15, -0.1) is 0 Å². The first-order valence-corrected chi connectivity index (χ1v) is 6.62. The van der Waals surface area contributed by atoms with E-state index in [0.717, 1.165) is 12.1 Å². The first-order chi connectivity index (χ1) is 8.17. The molecule has 18 heavy (non-hydrogen) atoms. The van der Waals surface area contributed by atoms with E-state index in [0.29, 0.717) is 0 Å². The molecule has 0 aliphatic carbocycles. The zero-order valence-electron chi connectivity index (χ0n) is 12.4. The third-order valence-corrected chi connectivity index (χ3v) is 3.13. The number of imidazole rings is 1.